The van der Waals surface area contributed by atoms with Crippen molar-refractivity contribution in [3.63, 3.8) is 0 Å². The Morgan fingerprint density at radius 1 is 0.900 bits per heavy atom. The van der Waals surface area contributed by atoms with Crippen LogP contribution in [0, 0.1) is 34.8 Å². The summed E-state index contributed by atoms with van der Waals surface area (Å²) < 4.78 is 34.0. The Morgan fingerprint density at radius 2 is 1.60 bits per heavy atom. The number of halogens is 2. The summed E-state index contributed by atoms with van der Waals surface area (Å²) in [5.74, 6) is 0.141. The first kappa shape index (κ1) is 22.3. The summed E-state index contributed by atoms with van der Waals surface area (Å²) in [5, 5.41) is 8.81. The highest BCUT2D eigenvalue weighted by molar-refractivity contribution is 5.66. The van der Waals surface area contributed by atoms with Gasteiger partial charge in [-0.15, -0.1) is 0 Å². The average Bonchev–Trinajstić information content (AvgIpc) is 2.78. The Hall–Kier alpha value is -2.41. The summed E-state index contributed by atoms with van der Waals surface area (Å²) in [6.07, 6.45) is 11.8. The molecule has 3 rings (SSSR count). The maximum atomic E-state index is 14.2. The van der Waals surface area contributed by atoms with Crippen LogP contribution in [0.2, 0.25) is 0 Å². The van der Waals surface area contributed by atoms with E-state index in [1.165, 1.54) is 69.9 Å². The number of unbranched alkanes of at least 4 members (excludes halogenated alkanes) is 3. The molecule has 0 aromatic heterocycles. The molecule has 0 aliphatic heterocycles. The largest absolute Gasteiger partial charge is 0.493 e. The number of nitriles is 1. The maximum Gasteiger partial charge on any atom is 0.177 e. The molecule has 1 aliphatic carbocycles. The van der Waals surface area contributed by atoms with Gasteiger partial charge in [0.15, 0.2) is 11.6 Å². The standard InChI is InChI=1S/C26H31F2NO/c1-2-3-4-5-6-19-7-9-20(10-8-19)18-30-23-14-11-21(12-15-23)24-16-13-22(17-29)25(27)26(24)28/h11-16,19-20H,2-10,18H2,1H3/t19-,20-. The van der Waals surface area contributed by atoms with Crippen molar-refractivity contribution >= 4 is 0 Å². The zero-order chi connectivity index (χ0) is 21.3. The number of rotatable bonds is 9. The van der Waals surface area contributed by atoms with Crippen molar-refractivity contribution in [1.82, 2.24) is 0 Å². The summed E-state index contributed by atoms with van der Waals surface area (Å²) in [6, 6.07) is 11.4. The molecule has 2 aromatic rings. The first-order valence-electron chi connectivity index (χ1n) is 11.2. The quantitative estimate of drug-likeness (QED) is 0.397. The second-order valence-electron chi connectivity index (χ2n) is 8.47. The summed E-state index contributed by atoms with van der Waals surface area (Å²) in [6.45, 7) is 2.96. The highest BCUT2D eigenvalue weighted by Crippen LogP contribution is 2.33. The minimum absolute atomic E-state index is 0.148. The Bertz CT molecular complexity index is 849. The van der Waals surface area contributed by atoms with Crippen LogP contribution in [-0.4, -0.2) is 6.61 Å². The van der Waals surface area contributed by atoms with E-state index in [2.05, 4.69) is 6.92 Å². The summed E-state index contributed by atoms with van der Waals surface area (Å²) in [4.78, 5) is 0. The van der Waals surface area contributed by atoms with Gasteiger partial charge < -0.3 is 4.74 Å². The summed E-state index contributed by atoms with van der Waals surface area (Å²) in [5.41, 5.74) is 0.425. The molecule has 30 heavy (non-hydrogen) atoms. The van der Waals surface area contributed by atoms with Gasteiger partial charge in [0.05, 0.1) is 12.2 Å². The van der Waals surface area contributed by atoms with E-state index in [-0.39, 0.29) is 11.1 Å². The van der Waals surface area contributed by atoms with Crippen molar-refractivity contribution in [3.05, 3.63) is 53.6 Å². The third-order valence-corrected chi connectivity index (χ3v) is 6.29. The molecule has 2 aromatic carbocycles. The van der Waals surface area contributed by atoms with E-state index in [1.807, 2.05) is 0 Å². The first-order chi connectivity index (χ1) is 14.6. The van der Waals surface area contributed by atoms with Crippen LogP contribution in [0.25, 0.3) is 11.1 Å². The predicted octanol–water partition coefficient (Wildman–Crippen LogP) is 7.66. The summed E-state index contributed by atoms with van der Waals surface area (Å²) in [7, 11) is 0. The number of ether oxygens (including phenoxy) is 1. The average molecular weight is 412 g/mol. The van der Waals surface area contributed by atoms with Gasteiger partial charge in [-0.05, 0) is 54.5 Å². The molecule has 0 N–H and O–H groups in total. The molecule has 4 heteroatoms. The van der Waals surface area contributed by atoms with Gasteiger partial charge >= 0.3 is 0 Å². The van der Waals surface area contributed by atoms with Crippen molar-refractivity contribution in [2.75, 3.05) is 6.61 Å². The van der Waals surface area contributed by atoms with E-state index in [4.69, 9.17) is 10.00 Å². The van der Waals surface area contributed by atoms with E-state index in [0.717, 1.165) is 11.7 Å². The molecule has 0 unspecified atom stereocenters. The van der Waals surface area contributed by atoms with Gasteiger partial charge in [0.25, 0.3) is 0 Å². The molecular weight excluding hydrogens is 380 g/mol. The van der Waals surface area contributed by atoms with Gasteiger partial charge in [0, 0.05) is 5.56 Å². The zero-order valence-electron chi connectivity index (χ0n) is 17.8. The van der Waals surface area contributed by atoms with E-state index in [1.54, 1.807) is 30.3 Å². The smallest absolute Gasteiger partial charge is 0.177 e. The fourth-order valence-electron chi connectivity index (χ4n) is 4.35. The van der Waals surface area contributed by atoms with Gasteiger partial charge in [-0.3, -0.25) is 0 Å². The number of benzene rings is 2. The third-order valence-electron chi connectivity index (χ3n) is 6.29. The number of hydrogen-bond acceptors (Lipinski definition) is 2. The molecule has 0 amide bonds. The topological polar surface area (TPSA) is 33.0 Å². The fourth-order valence-corrected chi connectivity index (χ4v) is 4.35. The van der Waals surface area contributed by atoms with E-state index >= 15 is 0 Å². The SMILES string of the molecule is CCCCCC[C@H]1CC[C@H](COc2ccc(-c3ccc(C#N)c(F)c3F)cc2)CC1. The van der Waals surface area contributed by atoms with Crippen LogP contribution < -0.4 is 4.74 Å². The molecule has 2 nitrogen and oxygen atoms in total. The molecule has 160 valence electrons. The van der Waals surface area contributed by atoms with Gasteiger partial charge in [0.2, 0.25) is 0 Å². The summed E-state index contributed by atoms with van der Waals surface area (Å²) >= 11 is 0. The molecule has 0 radical (unpaired) electrons. The molecule has 1 saturated carbocycles. The van der Waals surface area contributed by atoms with Crippen molar-refractivity contribution in [2.24, 2.45) is 11.8 Å². The molecule has 1 fully saturated rings. The molecule has 1 aliphatic rings. The maximum absolute atomic E-state index is 14.2. The molecule has 0 heterocycles. The zero-order valence-corrected chi connectivity index (χ0v) is 17.8. The molecule has 0 bridgehead atoms. The first-order valence-corrected chi connectivity index (χ1v) is 11.2. The van der Waals surface area contributed by atoms with Crippen LogP contribution in [0.15, 0.2) is 36.4 Å². The molecule has 0 atom stereocenters. The lowest BCUT2D eigenvalue weighted by Gasteiger charge is -2.28. The highest BCUT2D eigenvalue weighted by Gasteiger charge is 2.21. The minimum Gasteiger partial charge on any atom is -0.493 e. The van der Waals surface area contributed by atoms with Crippen molar-refractivity contribution in [3.8, 4) is 22.9 Å². The Balaban J connectivity index is 1.47. The van der Waals surface area contributed by atoms with Crippen LogP contribution in [0.5, 0.6) is 5.75 Å². The van der Waals surface area contributed by atoms with Crippen molar-refractivity contribution in [2.45, 2.75) is 64.7 Å². The van der Waals surface area contributed by atoms with Gasteiger partial charge in [-0.2, -0.15) is 5.26 Å². The van der Waals surface area contributed by atoms with Gasteiger partial charge in [-0.25, -0.2) is 8.78 Å². The van der Waals surface area contributed by atoms with Crippen LogP contribution in [0.4, 0.5) is 8.78 Å². The lowest BCUT2D eigenvalue weighted by atomic mass is 9.80. The lowest BCUT2D eigenvalue weighted by Crippen LogP contribution is -2.20. The predicted molar refractivity (Wildman–Crippen MR) is 116 cm³/mol. The molecule has 0 spiro atoms. The van der Waals surface area contributed by atoms with Crippen LogP contribution in [0.1, 0.15) is 70.3 Å². The van der Waals surface area contributed by atoms with Crippen LogP contribution in [0.3, 0.4) is 0 Å². The highest BCUT2D eigenvalue weighted by atomic mass is 19.2. The van der Waals surface area contributed by atoms with Gasteiger partial charge in [0.1, 0.15) is 11.8 Å². The van der Waals surface area contributed by atoms with Crippen molar-refractivity contribution < 1.29 is 13.5 Å². The van der Waals surface area contributed by atoms with Gasteiger partial charge in [-0.1, -0.05) is 64.0 Å². The van der Waals surface area contributed by atoms with Crippen LogP contribution in [-0.2, 0) is 0 Å². The number of nitrogens with zero attached hydrogens (tertiary/aromatic N) is 1. The normalized spacial score (nSPS) is 18.7. The Morgan fingerprint density at radius 3 is 2.27 bits per heavy atom. The minimum atomic E-state index is -1.10. The third kappa shape index (κ3) is 5.81. The van der Waals surface area contributed by atoms with E-state index in [0.29, 0.717) is 18.1 Å². The Kier molecular flexibility index (Phi) is 8.25. The monoisotopic (exact) mass is 411 g/mol. The second-order valence-corrected chi connectivity index (χ2v) is 8.47. The molecule has 0 saturated heterocycles. The lowest BCUT2D eigenvalue weighted by molar-refractivity contribution is 0.177. The fraction of sp³-hybridized carbons (Fsp3) is 0.500. The Labute approximate surface area is 178 Å². The van der Waals surface area contributed by atoms with E-state index in [9.17, 15) is 8.78 Å². The van der Waals surface area contributed by atoms with Crippen LogP contribution >= 0.6 is 0 Å². The number of hydrogen-bond donors (Lipinski definition) is 0. The van der Waals surface area contributed by atoms with E-state index < -0.39 is 11.6 Å². The second kappa shape index (κ2) is 11.1. The molecular formula is C26H31F2NO. The van der Waals surface area contributed by atoms with Crippen molar-refractivity contribution in [1.29, 1.82) is 5.26 Å².